The second kappa shape index (κ2) is 7.58. The van der Waals surface area contributed by atoms with Gasteiger partial charge in [0.15, 0.2) is 5.11 Å². The minimum atomic E-state index is -0.279. The predicted molar refractivity (Wildman–Crippen MR) is 102 cm³/mol. The van der Waals surface area contributed by atoms with Gasteiger partial charge in [-0.05, 0) is 54.5 Å². The standard InChI is InChI=1S/C17H15ClFN5S/c1-11-5-6-13(18)8-15(11)21-17(25)22-16-20-10-24(23-16)9-12-3-2-4-14(19)7-12/h2-8,10H,9H2,1H3,(H2,21,22,23,25). The van der Waals surface area contributed by atoms with Gasteiger partial charge in [0.2, 0.25) is 5.95 Å². The highest BCUT2D eigenvalue weighted by Gasteiger charge is 2.06. The third-order valence-electron chi connectivity index (χ3n) is 3.44. The Labute approximate surface area is 154 Å². The number of nitrogens with zero attached hydrogens (tertiary/aromatic N) is 3. The first kappa shape index (κ1) is 17.3. The van der Waals surface area contributed by atoms with E-state index >= 15 is 0 Å². The van der Waals surface area contributed by atoms with Gasteiger partial charge in [0.25, 0.3) is 0 Å². The lowest BCUT2D eigenvalue weighted by atomic mass is 10.2. The van der Waals surface area contributed by atoms with Crippen molar-refractivity contribution in [2.24, 2.45) is 0 Å². The normalized spacial score (nSPS) is 10.5. The van der Waals surface area contributed by atoms with Crippen molar-refractivity contribution in [3.8, 4) is 0 Å². The molecule has 0 unspecified atom stereocenters. The van der Waals surface area contributed by atoms with E-state index in [1.54, 1.807) is 23.1 Å². The van der Waals surface area contributed by atoms with E-state index in [0.29, 0.717) is 22.6 Å². The fraction of sp³-hybridized carbons (Fsp3) is 0.118. The molecule has 3 rings (SSSR count). The minimum Gasteiger partial charge on any atom is -0.332 e. The van der Waals surface area contributed by atoms with Crippen LogP contribution in [-0.4, -0.2) is 19.9 Å². The Bertz CT molecular complexity index is 912. The largest absolute Gasteiger partial charge is 0.332 e. The molecular weight excluding hydrogens is 361 g/mol. The number of thiocarbonyl (C=S) groups is 1. The molecule has 0 bridgehead atoms. The zero-order valence-electron chi connectivity index (χ0n) is 13.3. The summed E-state index contributed by atoms with van der Waals surface area (Å²) >= 11 is 11.3. The Morgan fingerprint density at radius 2 is 2.08 bits per heavy atom. The molecule has 0 atom stereocenters. The molecule has 2 aromatic carbocycles. The molecule has 128 valence electrons. The molecule has 3 aromatic rings. The monoisotopic (exact) mass is 375 g/mol. The molecule has 0 aliphatic heterocycles. The van der Waals surface area contributed by atoms with Crippen LogP contribution < -0.4 is 10.6 Å². The van der Waals surface area contributed by atoms with Gasteiger partial charge < -0.3 is 5.32 Å². The quantitative estimate of drug-likeness (QED) is 0.668. The lowest BCUT2D eigenvalue weighted by Gasteiger charge is -2.10. The average molecular weight is 376 g/mol. The van der Waals surface area contributed by atoms with E-state index in [-0.39, 0.29) is 5.82 Å². The average Bonchev–Trinajstić information content (AvgIpc) is 2.97. The van der Waals surface area contributed by atoms with E-state index in [1.165, 1.54) is 12.1 Å². The summed E-state index contributed by atoms with van der Waals surface area (Å²) < 4.78 is 14.8. The Morgan fingerprint density at radius 1 is 1.24 bits per heavy atom. The van der Waals surface area contributed by atoms with E-state index in [4.69, 9.17) is 23.8 Å². The first-order valence-electron chi connectivity index (χ1n) is 7.47. The molecule has 0 saturated carbocycles. The Hall–Kier alpha value is -2.51. The molecule has 0 saturated heterocycles. The number of nitrogens with one attached hydrogen (secondary N) is 2. The molecule has 1 aromatic heterocycles. The molecular formula is C17H15ClFN5S. The Morgan fingerprint density at radius 3 is 2.88 bits per heavy atom. The van der Waals surface area contributed by atoms with Crippen molar-refractivity contribution in [2.75, 3.05) is 10.6 Å². The van der Waals surface area contributed by atoms with Gasteiger partial charge in [0, 0.05) is 10.7 Å². The van der Waals surface area contributed by atoms with Crippen molar-refractivity contribution >= 4 is 40.6 Å². The molecule has 0 spiro atoms. The summed E-state index contributed by atoms with van der Waals surface area (Å²) in [6.07, 6.45) is 1.56. The van der Waals surface area contributed by atoms with E-state index in [0.717, 1.165) is 16.8 Å². The van der Waals surface area contributed by atoms with Crippen LogP contribution in [0.1, 0.15) is 11.1 Å². The van der Waals surface area contributed by atoms with Gasteiger partial charge in [-0.3, -0.25) is 5.32 Å². The van der Waals surface area contributed by atoms with Gasteiger partial charge in [-0.2, -0.15) is 0 Å². The Kier molecular flexibility index (Phi) is 5.25. The van der Waals surface area contributed by atoms with Crippen molar-refractivity contribution < 1.29 is 4.39 Å². The summed E-state index contributed by atoms with van der Waals surface area (Å²) in [6.45, 7) is 2.37. The van der Waals surface area contributed by atoms with Crippen molar-refractivity contribution in [1.82, 2.24) is 14.8 Å². The number of benzene rings is 2. The minimum absolute atomic E-state index is 0.279. The highest BCUT2D eigenvalue weighted by Crippen LogP contribution is 2.20. The summed E-state index contributed by atoms with van der Waals surface area (Å²) in [6, 6.07) is 11.9. The molecule has 2 N–H and O–H groups in total. The van der Waals surface area contributed by atoms with Crippen LogP contribution in [0, 0.1) is 12.7 Å². The van der Waals surface area contributed by atoms with E-state index in [1.807, 2.05) is 25.1 Å². The van der Waals surface area contributed by atoms with Crippen molar-refractivity contribution in [3.05, 3.63) is 70.8 Å². The lowest BCUT2D eigenvalue weighted by molar-refractivity contribution is 0.619. The van der Waals surface area contributed by atoms with Crippen LogP contribution in [-0.2, 0) is 6.54 Å². The SMILES string of the molecule is Cc1ccc(Cl)cc1NC(=S)Nc1ncn(Cc2cccc(F)c2)n1. The number of rotatable bonds is 4. The molecule has 25 heavy (non-hydrogen) atoms. The van der Waals surface area contributed by atoms with Crippen LogP contribution in [0.5, 0.6) is 0 Å². The number of hydrogen-bond donors (Lipinski definition) is 2. The zero-order valence-corrected chi connectivity index (χ0v) is 14.9. The summed E-state index contributed by atoms with van der Waals surface area (Å²) in [5.74, 6) is 0.0758. The summed E-state index contributed by atoms with van der Waals surface area (Å²) in [5, 5.41) is 11.2. The predicted octanol–water partition coefficient (Wildman–Crippen LogP) is 4.24. The third kappa shape index (κ3) is 4.74. The number of anilines is 2. The molecule has 0 radical (unpaired) electrons. The number of aromatic nitrogens is 3. The Balaban J connectivity index is 1.62. The summed E-state index contributed by atoms with van der Waals surface area (Å²) in [5.41, 5.74) is 2.62. The maximum Gasteiger partial charge on any atom is 0.248 e. The van der Waals surface area contributed by atoms with E-state index in [9.17, 15) is 4.39 Å². The molecule has 8 heteroatoms. The van der Waals surface area contributed by atoms with Crippen LogP contribution in [0.25, 0.3) is 0 Å². The van der Waals surface area contributed by atoms with Crippen LogP contribution in [0.15, 0.2) is 48.8 Å². The fourth-order valence-corrected chi connectivity index (χ4v) is 2.61. The smallest absolute Gasteiger partial charge is 0.248 e. The van der Waals surface area contributed by atoms with Gasteiger partial charge in [-0.1, -0.05) is 29.8 Å². The maximum absolute atomic E-state index is 13.2. The molecule has 0 amide bonds. The van der Waals surface area contributed by atoms with E-state index in [2.05, 4.69) is 20.7 Å². The second-order valence-corrected chi connectivity index (χ2v) is 6.28. The van der Waals surface area contributed by atoms with Crippen molar-refractivity contribution in [1.29, 1.82) is 0 Å². The van der Waals surface area contributed by atoms with Crippen LogP contribution in [0.2, 0.25) is 5.02 Å². The first-order valence-corrected chi connectivity index (χ1v) is 8.26. The molecule has 0 aliphatic carbocycles. The van der Waals surface area contributed by atoms with Gasteiger partial charge >= 0.3 is 0 Å². The van der Waals surface area contributed by atoms with Crippen molar-refractivity contribution in [3.63, 3.8) is 0 Å². The summed E-state index contributed by atoms with van der Waals surface area (Å²) in [4.78, 5) is 4.15. The van der Waals surface area contributed by atoms with Gasteiger partial charge in [0.05, 0.1) is 6.54 Å². The molecule has 5 nitrogen and oxygen atoms in total. The maximum atomic E-state index is 13.2. The highest BCUT2D eigenvalue weighted by atomic mass is 35.5. The van der Waals surface area contributed by atoms with Gasteiger partial charge in [-0.15, -0.1) is 5.10 Å². The molecule has 0 aliphatic rings. The van der Waals surface area contributed by atoms with Crippen LogP contribution in [0.4, 0.5) is 16.0 Å². The fourth-order valence-electron chi connectivity index (χ4n) is 2.23. The molecule has 1 heterocycles. The lowest BCUT2D eigenvalue weighted by Crippen LogP contribution is -2.20. The van der Waals surface area contributed by atoms with Crippen molar-refractivity contribution in [2.45, 2.75) is 13.5 Å². The topological polar surface area (TPSA) is 54.8 Å². The number of halogens is 2. The first-order chi connectivity index (χ1) is 12.0. The third-order valence-corrected chi connectivity index (χ3v) is 3.88. The highest BCUT2D eigenvalue weighted by molar-refractivity contribution is 7.80. The second-order valence-electron chi connectivity index (χ2n) is 5.43. The molecule has 0 fully saturated rings. The van der Waals surface area contributed by atoms with Gasteiger partial charge in [0.1, 0.15) is 12.1 Å². The number of aryl methyl sites for hydroxylation is 1. The van der Waals surface area contributed by atoms with Crippen LogP contribution in [0.3, 0.4) is 0 Å². The van der Waals surface area contributed by atoms with Gasteiger partial charge in [-0.25, -0.2) is 14.1 Å². The van der Waals surface area contributed by atoms with E-state index < -0.39 is 0 Å². The van der Waals surface area contributed by atoms with Crippen LogP contribution >= 0.6 is 23.8 Å². The zero-order chi connectivity index (χ0) is 17.8. The summed E-state index contributed by atoms with van der Waals surface area (Å²) in [7, 11) is 0. The number of hydrogen-bond acceptors (Lipinski definition) is 3.